The summed E-state index contributed by atoms with van der Waals surface area (Å²) < 4.78 is 4.50. The molecule has 0 bridgehead atoms. The Morgan fingerprint density at radius 1 is 0.769 bits per heavy atom. The summed E-state index contributed by atoms with van der Waals surface area (Å²) >= 11 is 0. The van der Waals surface area contributed by atoms with Crippen molar-refractivity contribution in [3.8, 4) is 16.9 Å². The smallest absolute Gasteiger partial charge is 0.200 e. The molecule has 4 rings (SSSR count). The Morgan fingerprint density at radius 3 is 2.27 bits per heavy atom. The minimum Gasteiger partial charge on any atom is -0.200 e. The molecule has 0 aliphatic heterocycles. The number of fused-ring (bicyclic) bond motifs is 1. The quantitative estimate of drug-likeness (QED) is 0.474. The van der Waals surface area contributed by atoms with Gasteiger partial charge in [0.05, 0.1) is 5.56 Å². The van der Waals surface area contributed by atoms with Gasteiger partial charge in [0.1, 0.15) is 7.05 Å². The maximum absolute atomic E-state index is 2.30. The zero-order chi connectivity index (χ0) is 18.3. The highest BCUT2D eigenvalue weighted by Gasteiger charge is 2.21. The van der Waals surface area contributed by atoms with E-state index < -0.39 is 0 Å². The van der Waals surface area contributed by atoms with Crippen LogP contribution in [0.3, 0.4) is 0 Å². The van der Waals surface area contributed by atoms with Gasteiger partial charge in [-0.3, -0.25) is 0 Å². The van der Waals surface area contributed by atoms with Crippen LogP contribution in [0, 0.1) is 20.8 Å². The molecule has 2 nitrogen and oxygen atoms in total. The van der Waals surface area contributed by atoms with Crippen molar-refractivity contribution in [2.75, 3.05) is 0 Å². The zero-order valence-corrected chi connectivity index (χ0v) is 15.8. The molecule has 0 saturated heterocycles. The van der Waals surface area contributed by atoms with Crippen LogP contribution in [0.15, 0.2) is 73.1 Å². The fourth-order valence-electron chi connectivity index (χ4n) is 3.71. The van der Waals surface area contributed by atoms with E-state index in [0.29, 0.717) is 0 Å². The van der Waals surface area contributed by atoms with Gasteiger partial charge in [0.2, 0.25) is 11.4 Å². The lowest BCUT2D eigenvalue weighted by molar-refractivity contribution is -0.659. The molecular formula is C24H24N2+2. The Bertz CT molecular complexity index is 1130. The number of rotatable bonds is 2. The first-order valence-corrected chi connectivity index (χ1v) is 9.02. The molecule has 0 amide bonds. The summed E-state index contributed by atoms with van der Waals surface area (Å²) in [6.45, 7) is 6.54. The Balaban J connectivity index is 1.99. The van der Waals surface area contributed by atoms with Gasteiger partial charge in [0.25, 0.3) is 0 Å². The predicted octanol–water partition coefficient (Wildman–Crippen LogP) is 4.53. The minimum atomic E-state index is 1.23. The van der Waals surface area contributed by atoms with Crippen LogP contribution in [0.5, 0.6) is 0 Å². The van der Waals surface area contributed by atoms with Gasteiger partial charge in [-0.05, 0) is 36.9 Å². The van der Waals surface area contributed by atoms with Crippen LogP contribution in [0.1, 0.15) is 16.8 Å². The zero-order valence-electron chi connectivity index (χ0n) is 15.8. The molecule has 0 aliphatic carbocycles. The van der Waals surface area contributed by atoms with Crippen molar-refractivity contribution in [1.82, 2.24) is 0 Å². The maximum Gasteiger partial charge on any atom is 0.214 e. The third-order valence-corrected chi connectivity index (χ3v) is 5.12. The number of benzene rings is 2. The molecule has 0 atom stereocenters. The van der Waals surface area contributed by atoms with Crippen molar-refractivity contribution < 1.29 is 9.13 Å². The largest absolute Gasteiger partial charge is 0.214 e. The highest BCUT2D eigenvalue weighted by molar-refractivity contribution is 5.84. The van der Waals surface area contributed by atoms with Gasteiger partial charge in [0, 0.05) is 42.1 Å². The first kappa shape index (κ1) is 16.5. The van der Waals surface area contributed by atoms with Gasteiger partial charge < -0.3 is 0 Å². The standard InChI is InChI=1S/C24H24N2/c1-17-13-22(19(3)23(14-17)26-12-8-7-9-18(26)2)24-15-20-10-5-6-11-21(20)16-25(24)4/h5-16H,1-4H3/q+2. The SMILES string of the molecule is Cc1cc(-c2cc3ccccc3c[n+]2C)c(C)c(-[n+]2ccccc2C)c1. The third kappa shape index (κ3) is 2.78. The molecule has 0 unspecified atom stereocenters. The normalized spacial score (nSPS) is 11.1. The molecule has 128 valence electrons. The highest BCUT2D eigenvalue weighted by Crippen LogP contribution is 2.27. The fourth-order valence-corrected chi connectivity index (χ4v) is 3.71. The van der Waals surface area contributed by atoms with E-state index in [2.05, 4.69) is 110 Å². The van der Waals surface area contributed by atoms with Gasteiger partial charge in [-0.1, -0.05) is 24.3 Å². The number of nitrogens with zero attached hydrogens (tertiary/aromatic N) is 2. The molecule has 0 radical (unpaired) electrons. The molecule has 2 aromatic heterocycles. The Morgan fingerprint density at radius 2 is 1.50 bits per heavy atom. The number of pyridine rings is 2. The molecule has 0 fully saturated rings. The molecule has 2 aromatic carbocycles. The lowest BCUT2D eigenvalue weighted by Crippen LogP contribution is -2.35. The van der Waals surface area contributed by atoms with Crippen LogP contribution >= 0.6 is 0 Å². The maximum atomic E-state index is 2.30. The van der Waals surface area contributed by atoms with Gasteiger partial charge in [0.15, 0.2) is 18.1 Å². The molecule has 2 heteroatoms. The van der Waals surface area contributed by atoms with Crippen LogP contribution in [0.2, 0.25) is 0 Å². The first-order valence-electron chi connectivity index (χ1n) is 9.02. The van der Waals surface area contributed by atoms with Crippen LogP contribution < -0.4 is 9.13 Å². The van der Waals surface area contributed by atoms with Gasteiger partial charge in [-0.15, -0.1) is 0 Å². The molecule has 26 heavy (non-hydrogen) atoms. The average Bonchev–Trinajstić information content (AvgIpc) is 2.63. The van der Waals surface area contributed by atoms with E-state index in [-0.39, 0.29) is 0 Å². The predicted molar refractivity (Wildman–Crippen MR) is 106 cm³/mol. The van der Waals surface area contributed by atoms with E-state index >= 15 is 0 Å². The second-order valence-corrected chi connectivity index (χ2v) is 7.07. The molecule has 0 aliphatic rings. The van der Waals surface area contributed by atoms with Crippen molar-refractivity contribution in [2.24, 2.45) is 7.05 Å². The Labute approximate surface area is 155 Å². The summed E-state index contributed by atoms with van der Waals surface area (Å²) in [6.07, 6.45) is 4.36. The lowest BCUT2D eigenvalue weighted by atomic mass is 9.98. The summed E-state index contributed by atoms with van der Waals surface area (Å²) in [4.78, 5) is 0. The lowest BCUT2D eigenvalue weighted by Gasteiger charge is -2.10. The molecule has 0 spiro atoms. The number of hydrogen-bond donors (Lipinski definition) is 0. The summed E-state index contributed by atoms with van der Waals surface area (Å²) in [7, 11) is 2.13. The monoisotopic (exact) mass is 340 g/mol. The Hall–Kier alpha value is -3.00. The molecule has 0 N–H and O–H groups in total. The van der Waals surface area contributed by atoms with Crippen molar-refractivity contribution >= 4 is 10.8 Å². The summed E-state index contributed by atoms with van der Waals surface area (Å²) in [5, 5.41) is 2.53. The van der Waals surface area contributed by atoms with Crippen LogP contribution in [-0.4, -0.2) is 0 Å². The second-order valence-electron chi connectivity index (χ2n) is 7.07. The van der Waals surface area contributed by atoms with E-state index in [0.717, 1.165) is 0 Å². The summed E-state index contributed by atoms with van der Waals surface area (Å²) in [5.74, 6) is 0. The van der Waals surface area contributed by atoms with Crippen molar-refractivity contribution in [3.05, 3.63) is 89.9 Å². The summed E-state index contributed by atoms with van der Waals surface area (Å²) in [6, 6.07) is 21.7. The van der Waals surface area contributed by atoms with Crippen molar-refractivity contribution in [2.45, 2.75) is 20.8 Å². The summed E-state index contributed by atoms with van der Waals surface area (Å²) in [5.41, 5.74) is 7.55. The van der Waals surface area contributed by atoms with E-state index in [1.165, 1.54) is 44.5 Å². The minimum absolute atomic E-state index is 1.23. The van der Waals surface area contributed by atoms with E-state index in [1.807, 2.05) is 0 Å². The van der Waals surface area contributed by atoms with Crippen molar-refractivity contribution in [3.63, 3.8) is 0 Å². The van der Waals surface area contributed by atoms with E-state index in [1.54, 1.807) is 0 Å². The van der Waals surface area contributed by atoms with Crippen LogP contribution in [-0.2, 0) is 7.05 Å². The number of aryl methyl sites for hydroxylation is 3. The van der Waals surface area contributed by atoms with Gasteiger partial charge in [-0.2, -0.15) is 4.57 Å². The Kier molecular flexibility index (Phi) is 4.04. The van der Waals surface area contributed by atoms with Crippen LogP contribution in [0.25, 0.3) is 27.7 Å². The topological polar surface area (TPSA) is 7.76 Å². The van der Waals surface area contributed by atoms with Crippen LogP contribution in [0.4, 0.5) is 0 Å². The molecule has 4 aromatic rings. The third-order valence-electron chi connectivity index (χ3n) is 5.12. The molecule has 0 saturated carbocycles. The number of hydrogen-bond acceptors (Lipinski definition) is 0. The van der Waals surface area contributed by atoms with E-state index in [9.17, 15) is 0 Å². The molecular weight excluding hydrogens is 316 g/mol. The second kappa shape index (κ2) is 6.38. The van der Waals surface area contributed by atoms with Gasteiger partial charge in [-0.25, -0.2) is 4.57 Å². The first-order chi connectivity index (χ1) is 12.5. The van der Waals surface area contributed by atoms with E-state index in [4.69, 9.17) is 0 Å². The molecule has 2 heterocycles. The van der Waals surface area contributed by atoms with Gasteiger partial charge >= 0.3 is 0 Å². The highest BCUT2D eigenvalue weighted by atomic mass is 15.0. The fraction of sp³-hybridized carbons (Fsp3) is 0.167. The number of aromatic nitrogens is 2. The average molecular weight is 340 g/mol. The van der Waals surface area contributed by atoms with Crippen molar-refractivity contribution in [1.29, 1.82) is 0 Å².